The molecule has 0 amide bonds. The van der Waals surface area contributed by atoms with Gasteiger partial charge in [0.25, 0.3) is 0 Å². The number of carbonyl (C=O) groups is 1. The molecule has 2 aromatic rings. The van der Waals surface area contributed by atoms with Crippen LogP contribution in [-0.4, -0.2) is 10.8 Å². The number of benzene rings is 1. The largest absolute Gasteiger partial charge is 0.294 e. The molecule has 0 fully saturated rings. The van der Waals surface area contributed by atoms with Gasteiger partial charge in [0.05, 0.1) is 5.51 Å². The maximum atomic E-state index is 12.2. The molecule has 1 heterocycles. The minimum absolute atomic E-state index is 0.184. The van der Waals surface area contributed by atoms with E-state index in [1.807, 2.05) is 13.8 Å². The average Bonchev–Trinajstić information content (AvgIpc) is 2.68. The van der Waals surface area contributed by atoms with Crippen molar-refractivity contribution < 1.29 is 4.79 Å². The smallest absolute Gasteiger partial charge is 0.168 e. The lowest BCUT2D eigenvalue weighted by Gasteiger charge is -2.09. The molecule has 0 aliphatic heterocycles. The molecule has 0 bridgehead atoms. The lowest BCUT2D eigenvalue weighted by molar-refractivity contribution is 0.0992. The summed E-state index contributed by atoms with van der Waals surface area (Å²) in [5.74, 6) is 0.184. The normalized spacial score (nSPS) is 10.5. The van der Waals surface area contributed by atoms with E-state index < -0.39 is 0 Å². The van der Waals surface area contributed by atoms with Gasteiger partial charge >= 0.3 is 0 Å². The summed E-state index contributed by atoms with van der Waals surface area (Å²) in [6.07, 6.45) is 2.22. The van der Waals surface area contributed by atoms with Crippen molar-refractivity contribution in [3.63, 3.8) is 0 Å². The third-order valence-corrected chi connectivity index (χ3v) is 3.55. The number of aryl methyl sites for hydroxylation is 3. The molecule has 0 unspecified atom stereocenters. The monoisotopic (exact) mass is 245 g/mol. The quantitative estimate of drug-likeness (QED) is 0.775. The third-order valence-electron chi connectivity index (χ3n) is 2.77. The highest BCUT2D eigenvalue weighted by atomic mass is 32.1. The fourth-order valence-electron chi connectivity index (χ4n) is 2.20. The number of hydrogen-bond donors (Lipinski definition) is 0. The van der Waals surface area contributed by atoms with Crippen molar-refractivity contribution in [2.75, 3.05) is 0 Å². The summed E-state index contributed by atoms with van der Waals surface area (Å²) in [5.41, 5.74) is 5.96. The van der Waals surface area contributed by atoms with Crippen molar-refractivity contribution in [3.8, 4) is 0 Å². The molecule has 0 atom stereocenters. The zero-order valence-corrected chi connectivity index (χ0v) is 11.1. The van der Waals surface area contributed by atoms with Gasteiger partial charge in [0, 0.05) is 23.1 Å². The van der Waals surface area contributed by atoms with Crippen LogP contribution in [0.15, 0.2) is 23.8 Å². The Morgan fingerprint density at radius 3 is 2.41 bits per heavy atom. The zero-order chi connectivity index (χ0) is 12.4. The average molecular weight is 245 g/mol. The first kappa shape index (κ1) is 12.0. The van der Waals surface area contributed by atoms with Crippen LogP contribution in [0.1, 0.15) is 31.9 Å². The maximum Gasteiger partial charge on any atom is 0.168 e. The molecule has 1 aromatic carbocycles. The summed E-state index contributed by atoms with van der Waals surface area (Å²) in [6.45, 7) is 6.05. The van der Waals surface area contributed by atoms with Crippen molar-refractivity contribution in [3.05, 3.63) is 51.0 Å². The molecule has 2 nitrogen and oxygen atoms in total. The number of ketones is 1. The highest BCUT2D eigenvalue weighted by molar-refractivity contribution is 7.09. The fourth-order valence-corrected chi connectivity index (χ4v) is 2.79. The Morgan fingerprint density at radius 1 is 1.24 bits per heavy atom. The van der Waals surface area contributed by atoms with Gasteiger partial charge in [-0.05, 0) is 31.9 Å². The van der Waals surface area contributed by atoms with Gasteiger partial charge in [-0.3, -0.25) is 9.78 Å². The van der Waals surface area contributed by atoms with Crippen molar-refractivity contribution >= 4 is 17.1 Å². The highest BCUT2D eigenvalue weighted by Gasteiger charge is 2.13. The second kappa shape index (κ2) is 4.80. The molecule has 2 rings (SSSR count). The minimum atomic E-state index is 0.184. The Hall–Kier alpha value is -1.48. The number of aromatic nitrogens is 1. The van der Waals surface area contributed by atoms with Gasteiger partial charge < -0.3 is 0 Å². The van der Waals surface area contributed by atoms with Gasteiger partial charge in [-0.15, -0.1) is 11.3 Å². The third kappa shape index (κ3) is 2.61. The number of thiazole rings is 1. The Kier molecular flexibility index (Phi) is 3.38. The van der Waals surface area contributed by atoms with E-state index >= 15 is 0 Å². The molecule has 88 valence electrons. The van der Waals surface area contributed by atoms with E-state index in [1.165, 1.54) is 16.9 Å². The lowest BCUT2D eigenvalue weighted by atomic mass is 9.95. The topological polar surface area (TPSA) is 30.0 Å². The molecule has 0 saturated carbocycles. The fraction of sp³-hybridized carbons (Fsp3) is 0.286. The van der Waals surface area contributed by atoms with Gasteiger partial charge in [-0.1, -0.05) is 17.7 Å². The van der Waals surface area contributed by atoms with Crippen LogP contribution in [0.5, 0.6) is 0 Å². The number of rotatable bonds is 3. The highest BCUT2D eigenvalue weighted by Crippen LogP contribution is 2.19. The van der Waals surface area contributed by atoms with E-state index in [1.54, 1.807) is 11.7 Å². The van der Waals surface area contributed by atoms with Gasteiger partial charge in [-0.2, -0.15) is 0 Å². The van der Waals surface area contributed by atoms with Crippen molar-refractivity contribution in [1.82, 2.24) is 4.98 Å². The first-order valence-electron chi connectivity index (χ1n) is 5.56. The summed E-state index contributed by atoms with van der Waals surface area (Å²) in [6, 6.07) is 4.12. The molecule has 17 heavy (non-hydrogen) atoms. The van der Waals surface area contributed by atoms with Crippen LogP contribution in [0.25, 0.3) is 0 Å². The Bertz CT molecular complexity index is 520. The van der Waals surface area contributed by atoms with Crippen molar-refractivity contribution in [1.29, 1.82) is 0 Å². The number of hydrogen-bond acceptors (Lipinski definition) is 3. The molecule has 0 N–H and O–H groups in total. The van der Waals surface area contributed by atoms with E-state index in [-0.39, 0.29) is 5.78 Å². The van der Waals surface area contributed by atoms with Crippen LogP contribution in [0, 0.1) is 20.8 Å². The molecular formula is C14H15NOS. The number of carbonyl (C=O) groups excluding carboxylic acids is 1. The predicted molar refractivity (Wildman–Crippen MR) is 70.8 cm³/mol. The second-order valence-electron chi connectivity index (χ2n) is 4.34. The van der Waals surface area contributed by atoms with Crippen LogP contribution in [-0.2, 0) is 6.42 Å². The zero-order valence-electron chi connectivity index (χ0n) is 10.3. The number of Topliss-reactive ketones (excluding diaryl/α,β-unsaturated/α-hetero) is 1. The Labute approximate surface area is 105 Å². The van der Waals surface area contributed by atoms with Crippen LogP contribution in [0.2, 0.25) is 0 Å². The van der Waals surface area contributed by atoms with Gasteiger partial charge in [0.1, 0.15) is 0 Å². The van der Waals surface area contributed by atoms with Crippen LogP contribution in [0.3, 0.4) is 0 Å². The van der Waals surface area contributed by atoms with Gasteiger partial charge in [0.2, 0.25) is 0 Å². The van der Waals surface area contributed by atoms with Gasteiger partial charge in [0.15, 0.2) is 5.78 Å². The summed E-state index contributed by atoms with van der Waals surface area (Å²) in [4.78, 5) is 17.3. The molecule has 0 spiro atoms. The molecule has 3 heteroatoms. The van der Waals surface area contributed by atoms with Crippen LogP contribution in [0.4, 0.5) is 0 Å². The van der Waals surface area contributed by atoms with Gasteiger partial charge in [-0.25, -0.2) is 0 Å². The first-order chi connectivity index (χ1) is 8.08. The van der Waals surface area contributed by atoms with E-state index in [4.69, 9.17) is 0 Å². The summed E-state index contributed by atoms with van der Waals surface area (Å²) >= 11 is 1.53. The maximum absolute atomic E-state index is 12.2. The van der Waals surface area contributed by atoms with E-state index in [9.17, 15) is 4.79 Å². The minimum Gasteiger partial charge on any atom is -0.294 e. The van der Waals surface area contributed by atoms with E-state index in [0.717, 1.165) is 21.6 Å². The first-order valence-corrected chi connectivity index (χ1v) is 6.44. The van der Waals surface area contributed by atoms with Crippen molar-refractivity contribution in [2.24, 2.45) is 0 Å². The van der Waals surface area contributed by atoms with Crippen molar-refractivity contribution in [2.45, 2.75) is 27.2 Å². The molecule has 0 aliphatic rings. The predicted octanol–water partition coefficient (Wildman–Crippen LogP) is 3.49. The van der Waals surface area contributed by atoms with Crippen LogP contribution < -0.4 is 0 Å². The Morgan fingerprint density at radius 2 is 1.88 bits per heavy atom. The van der Waals surface area contributed by atoms with E-state index in [2.05, 4.69) is 24.0 Å². The van der Waals surface area contributed by atoms with E-state index in [0.29, 0.717) is 6.42 Å². The molecule has 0 saturated heterocycles. The summed E-state index contributed by atoms with van der Waals surface area (Å²) < 4.78 is 0. The lowest BCUT2D eigenvalue weighted by Crippen LogP contribution is -2.07. The molecule has 0 radical (unpaired) electrons. The standard InChI is InChI=1S/C14H15NOS/c1-9-4-10(2)14(11(3)5-9)13(16)6-12-7-15-8-17-12/h4-5,7-8H,6H2,1-3H3. The summed E-state index contributed by atoms with van der Waals surface area (Å²) in [7, 11) is 0. The molecule has 1 aromatic heterocycles. The molecule has 0 aliphatic carbocycles. The summed E-state index contributed by atoms with van der Waals surface area (Å²) in [5, 5.41) is 0. The molecular weight excluding hydrogens is 230 g/mol. The van der Waals surface area contributed by atoms with Crippen LogP contribution >= 0.6 is 11.3 Å². The number of nitrogens with zero attached hydrogens (tertiary/aromatic N) is 1. The second-order valence-corrected chi connectivity index (χ2v) is 5.31. The Balaban J connectivity index is 2.31. The SMILES string of the molecule is Cc1cc(C)c(C(=O)Cc2cncs2)c(C)c1.